The summed E-state index contributed by atoms with van der Waals surface area (Å²) in [5, 5.41) is 4.60. The van der Waals surface area contributed by atoms with E-state index in [1.807, 2.05) is 24.3 Å². The van der Waals surface area contributed by atoms with Crippen molar-refractivity contribution in [2.75, 3.05) is 26.7 Å². The lowest BCUT2D eigenvalue weighted by atomic mass is 9.50. The first-order valence-electron chi connectivity index (χ1n) is 14.7. The maximum Gasteiger partial charge on any atom is 0.261 e. The van der Waals surface area contributed by atoms with Gasteiger partial charge in [-0.2, -0.15) is 0 Å². The highest BCUT2D eigenvalue weighted by atomic mass is 32.1. The van der Waals surface area contributed by atoms with Gasteiger partial charge in [0.25, 0.3) is 5.91 Å². The molecule has 2 aliphatic rings. The predicted octanol–water partition coefficient (Wildman–Crippen LogP) is 7.48. The smallest absolute Gasteiger partial charge is 0.261 e. The Hall–Kier alpha value is -3.15. The van der Waals surface area contributed by atoms with Gasteiger partial charge in [-0.1, -0.05) is 67.6 Å². The van der Waals surface area contributed by atoms with Gasteiger partial charge in [0.1, 0.15) is 5.75 Å². The summed E-state index contributed by atoms with van der Waals surface area (Å²) in [6.45, 7) is 5.80. The standard InChI is InChI=1S/C35H40N2O2S/c1-34-18-17-29(36-33(38)32-22-27-13-6-7-16-31(27)40-32)24-35(34,28-14-8-15-30(23-28)39-2)19-21-37(25-34)20-9-12-26-10-4-3-5-11-26/h3-8,10-11,13-16,22-23,29H,9,12,17-21,24-25H2,1-2H3,(H,36,38). The highest BCUT2D eigenvalue weighted by Crippen LogP contribution is 2.57. The Morgan fingerprint density at radius 3 is 2.67 bits per heavy atom. The summed E-state index contributed by atoms with van der Waals surface area (Å²) in [6, 6.07) is 30.0. The van der Waals surface area contributed by atoms with E-state index in [2.05, 4.69) is 77.8 Å². The van der Waals surface area contributed by atoms with Crippen LogP contribution in [-0.4, -0.2) is 43.6 Å². The molecule has 0 spiro atoms. The molecule has 5 heteroatoms. The zero-order chi connectivity index (χ0) is 27.6. The maximum absolute atomic E-state index is 13.4. The second kappa shape index (κ2) is 11.4. The number of hydrogen-bond donors (Lipinski definition) is 1. The monoisotopic (exact) mass is 552 g/mol. The summed E-state index contributed by atoms with van der Waals surface area (Å²) in [5.41, 5.74) is 2.90. The number of nitrogens with zero attached hydrogens (tertiary/aromatic N) is 1. The van der Waals surface area contributed by atoms with E-state index in [0.717, 1.165) is 72.5 Å². The SMILES string of the molecule is COc1cccc(C23CCN(CCCc4ccccc4)CC2(C)CCC(NC(=O)c2cc4ccccc4s2)C3)c1. The minimum Gasteiger partial charge on any atom is -0.497 e. The van der Waals surface area contributed by atoms with Crippen molar-refractivity contribution in [2.45, 2.75) is 56.9 Å². The Morgan fingerprint density at radius 1 is 1.02 bits per heavy atom. The number of fused-ring (bicyclic) bond motifs is 2. The van der Waals surface area contributed by atoms with E-state index in [4.69, 9.17) is 4.74 Å². The number of ether oxygens (including phenoxy) is 1. The number of hydrogen-bond acceptors (Lipinski definition) is 4. The molecule has 1 aliphatic heterocycles. The average molecular weight is 553 g/mol. The highest BCUT2D eigenvalue weighted by Gasteiger charge is 2.55. The molecule has 4 nitrogen and oxygen atoms in total. The van der Waals surface area contributed by atoms with Gasteiger partial charge in [-0.25, -0.2) is 0 Å². The number of likely N-dealkylation sites (tertiary alicyclic amines) is 1. The van der Waals surface area contributed by atoms with Gasteiger partial charge in [0.05, 0.1) is 12.0 Å². The molecule has 2 heterocycles. The van der Waals surface area contributed by atoms with Crippen molar-refractivity contribution < 1.29 is 9.53 Å². The zero-order valence-electron chi connectivity index (χ0n) is 23.7. The average Bonchev–Trinajstić information content (AvgIpc) is 3.43. The maximum atomic E-state index is 13.4. The van der Waals surface area contributed by atoms with Crippen LogP contribution in [0.2, 0.25) is 0 Å². The first-order valence-corrected chi connectivity index (χ1v) is 15.5. The van der Waals surface area contributed by atoms with Gasteiger partial charge in [0, 0.05) is 22.7 Å². The summed E-state index contributed by atoms with van der Waals surface area (Å²) in [7, 11) is 1.75. The lowest BCUT2D eigenvalue weighted by Gasteiger charge is -2.59. The van der Waals surface area contributed by atoms with Crippen molar-refractivity contribution in [2.24, 2.45) is 5.41 Å². The van der Waals surface area contributed by atoms with Crippen molar-refractivity contribution in [3.8, 4) is 5.75 Å². The van der Waals surface area contributed by atoms with Gasteiger partial charge in [0.2, 0.25) is 0 Å². The fourth-order valence-electron chi connectivity index (χ4n) is 7.40. The number of methoxy groups -OCH3 is 1. The summed E-state index contributed by atoms with van der Waals surface area (Å²) >= 11 is 1.59. The molecule has 1 amide bonds. The molecule has 40 heavy (non-hydrogen) atoms. The van der Waals surface area contributed by atoms with Crippen molar-refractivity contribution in [3.63, 3.8) is 0 Å². The second-order valence-corrected chi connectivity index (χ2v) is 13.1. The van der Waals surface area contributed by atoms with E-state index in [1.165, 1.54) is 17.5 Å². The van der Waals surface area contributed by atoms with E-state index < -0.39 is 0 Å². The van der Waals surface area contributed by atoms with Crippen molar-refractivity contribution in [3.05, 3.63) is 101 Å². The van der Waals surface area contributed by atoms with Crippen LogP contribution in [0.25, 0.3) is 10.1 Å². The summed E-state index contributed by atoms with van der Waals surface area (Å²) < 4.78 is 6.83. The molecule has 2 fully saturated rings. The third-order valence-electron chi connectivity index (χ3n) is 9.61. The molecule has 1 N–H and O–H groups in total. The van der Waals surface area contributed by atoms with Crippen LogP contribution < -0.4 is 10.1 Å². The number of nitrogens with one attached hydrogen (secondary N) is 1. The number of thiophene rings is 1. The first kappa shape index (κ1) is 27.0. The lowest BCUT2D eigenvalue weighted by Crippen LogP contribution is -2.61. The minimum absolute atomic E-state index is 0.00612. The third kappa shape index (κ3) is 5.29. The highest BCUT2D eigenvalue weighted by molar-refractivity contribution is 7.20. The van der Waals surface area contributed by atoms with Gasteiger partial charge < -0.3 is 15.0 Å². The molecule has 3 aromatic carbocycles. The van der Waals surface area contributed by atoms with Crippen molar-refractivity contribution >= 4 is 27.3 Å². The molecule has 1 saturated carbocycles. The molecule has 6 rings (SSSR count). The molecule has 0 radical (unpaired) electrons. The Kier molecular flexibility index (Phi) is 7.69. The summed E-state index contributed by atoms with van der Waals surface area (Å²) in [4.78, 5) is 16.9. The van der Waals surface area contributed by atoms with Crippen LogP contribution in [0.15, 0.2) is 84.9 Å². The number of aryl methyl sites for hydroxylation is 1. The van der Waals surface area contributed by atoms with E-state index >= 15 is 0 Å². The Bertz CT molecular complexity index is 1430. The molecule has 208 valence electrons. The number of carbonyl (C=O) groups excluding carboxylic acids is 1. The Labute approximate surface area is 242 Å². The van der Waals surface area contributed by atoms with Gasteiger partial charge in [-0.15, -0.1) is 11.3 Å². The topological polar surface area (TPSA) is 41.6 Å². The molecular formula is C35H40N2O2S. The summed E-state index contributed by atoms with van der Waals surface area (Å²) in [5.74, 6) is 0.977. The number of rotatable bonds is 8. The predicted molar refractivity (Wildman–Crippen MR) is 166 cm³/mol. The molecule has 3 unspecified atom stereocenters. The lowest BCUT2D eigenvalue weighted by molar-refractivity contribution is -0.0305. The van der Waals surface area contributed by atoms with Crippen LogP contribution in [0.5, 0.6) is 5.75 Å². The molecule has 4 aromatic rings. The van der Waals surface area contributed by atoms with E-state index in [9.17, 15) is 4.79 Å². The van der Waals surface area contributed by atoms with Crippen LogP contribution in [0.4, 0.5) is 0 Å². The van der Waals surface area contributed by atoms with Gasteiger partial charge in [-0.3, -0.25) is 4.79 Å². The number of benzene rings is 3. The van der Waals surface area contributed by atoms with E-state index in [1.54, 1.807) is 18.4 Å². The number of amides is 1. The van der Waals surface area contributed by atoms with Crippen LogP contribution in [0.1, 0.15) is 59.8 Å². The van der Waals surface area contributed by atoms with Gasteiger partial charge in [0.15, 0.2) is 0 Å². The number of piperidine rings is 1. The van der Waals surface area contributed by atoms with E-state index in [0.29, 0.717) is 0 Å². The molecule has 1 aromatic heterocycles. The molecular weight excluding hydrogens is 512 g/mol. The third-order valence-corrected chi connectivity index (χ3v) is 10.7. The largest absolute Gasteiger partial charge is 0.497 e. The molecule has 3 atom stereocenters. The normalized spacial score (nSPS) is 24.9. The minimum atomic E-state index is -0.00612. The fourth-order valence-corrected chi connectivity index (χ4v) is 8.37. The van der Waals surface area contributed by atoms with E-state index in [-0.39, 0.29) is 22.8 Å². The Balaban J connectivity index is 1.21. The number of carbonyl (C=O) groups is 1. The summed E-state index contributed by atoms with van der Waals surface area (Å²) in [6.07, 6.45) is 6.47. The van der Waals surface area contributed by atoms with Crippen molar-refractivity contribution in [1.29, 1.82) is 0 Å². The van der Waals surface area contributed by atoms with Crippen LogP contribution in [-0.2, 0) is 11.8 Å². The second-order valence-electron chi connectivity index (χ2n) is 12.1. The Morgan fingerprint density at radius 2 is 1.85 bits per heavy atom. The van der Waals surface area contributed by atoms with Crippen LogP contribution in [0, 0.1) is 5.41 Å². The van der Waals surface area contributed by atoms with Crippen LogP contribution >= 0.6 is 11.3 Å². The van der Waals surface area contributed by atoms with Gasteiger partial charge >= 0.3 is 0 Å². The molecule has 1 saturated heterocycles. The molecule has 0 bridgehead atoms. The van der Waals surface area contributed by atoms with Crippen molar-refractivity contribution in [1.82, 2.24) is 10.2 Å². The first-order chi connectivity index (χ1) is 19.5. The van der Waals surface area contributed by atoms with Crippen LogP contribution in [0.3, 0.4) is 0 Å². The zero-order valence-corrected chi connectivity index (χ0v) is 24.5. The van der Waals surface area contributed by atoms with Gasteiger partial charge in [-0.05, 0) is 97.8 Å². The fraction of sp³-hybridized carbons (Fsp3) is 0.400. The quantitative estimate of drug-likeness (QED) is 0.246. The molecule has 1 aliphatic carbocycles.